The fourth-order valence-corrected chi connectivity index (χ4v) is 4.20. The minimum Gasteiger partial charge on any atom is -0.484 e. The van der Waals surface area contributed by atoms with E-state index >= 15 is 0 Å². The molecule has 0 heterocycles. The van der Waals surface area contributed by atoms with Gasteiger partial charge in [0.05, 0.1) is 4.90 Å². The van der Waals surface area contributed by atoms with Crippen molar-refractivity contribution >= 4 is 38.9 Å². The molecule has 3 aromatic rings. The van der Waals surface area contributed by atoms with Gasteiger partial charge in [-0.05, 0) is 54.2 Å². The minimum atomic E-state index is -3.65. The number of sulfonamides is 1. The van der Waals surface area contributed by atoms with Gasteiger partial charge in [-0.3, -0.25) is 10.1 Å². The van der Waals surface area contributed by atoms with E-state index in [1.165, 1.54) is 23.5 Å². The summed E-state index contributed by atoms with van der Waals surface area (Å²) in [5.74, 6) is 0.170. The molecule has 0 saturated carbocycles. The van der Waals surface area contributed by atoms with Crippen molar-refractivity contribution in [2.75, 3.05) is 19.0 Å². The molecule has 0 aliphatic carbocycles. The summed E-state index contributed by atoms with van der Waals surface area (Å²) in [4.78, 5) is 12.1. The first-order valence-corrected chi connectivity index (χ1v) is 11.6. The zero-order valence-electron chi connectivity index (χ0n) is 17.4. The van der Waals surface area contributed by atoms with Gasteiger partial charge in [-0.15, -0.1) is 0 Å². The summed E-state index contributed by atoms with van der Waals surface area (Å²) in [5.41, 5.74) is 1.44. The lowest BCUT2D eigenvalue weighted by Gasteiger charge is -2.17. The Kier molecular flexibility index (Phi) is 7.93. The van der Waals surface area contributed by atoms with Crippen LogP contribution in [-0.2, 0) is 21.4 Å². The van der Waals surface area contributed by atoms with Gasteiger partial charge in [-0.25, -0.2) is 8.42 Å². The molecule has 0 aliphatic rings. The molecule has 166 valence electrons. The van der Waals surface area contributed by atoms with Crippen molar-refractivity contribution in [2.45, 2.75) is 11.4 Å². The van der Waals surface area contributed by atoms with Crippen molar-refractivity contribution in [3.63, 3.8) is 0 Å². The van der Waals surface area contributed by atoms with E-state index in [-0.39, 0.29) is 23.2 Å². The molecule has 0 saturated heterocycles. The van der Waals surface area contributed by atoms with Gasteiger partial charge in [-0.1, -0.05) is 48.5 Å². The standard InChI is InChI=1S/C23H23N3O4S2/c1-26(16-18-8-4-2-5-9-18)32(28,29)21-14-12-19(13-15-21)24-23(31)25-22(27)17-30-20-10-6-3-7-11-20/h2-15H,16-17H2,1H3,(H2,24,25,27,31). The van der Waals surface area contributed by atoms with Crippen LogP contribution in [0.25, 0.3) is 0 Å². The number of ether oxygens (including phenoxy) is 1. The van der Waals surface area contributed by atoms with Crippen molar-refractivity contribution in [1.82, 2.24) is 9.62 Å². The summed E-state index contributed by atoms with van der Waals surface area (Å²) in [7, 11) is -2.11. The highest BCUT2D eigenvalue weighted by molar-refractivity contribution is 7.89. The number of carbonyl (C=O) groups is 1. The normalized spacial score (nSPS) is 11.1. The summed E-state index contributed by atoms with van der Waals surface area (Å²) < 4.78 is 32.3. The van der Waals surface area contributed by atoms with Crippen LogP contribution in [0.15, 0.2) is 89.8 Å². The van der Waals surface area contributed by atoms with Crippen LogP contribution in [0.1, 0.15) is 5.56 Å². The SMILES string of the molecule is CN(Cc1ccccc1)S(=O)(=O)c1ccc(NC(=S)NC(=O)COc2ccccc2)cc1. The monoisotopic (exact) mass is 469 g/mol. The Morgan fingerprint density at radius 1 is 0.938 bits per heavy atom. The molecule has 0 unspecified atom stereocenters. The van der Waals surface area contributed by atoms with Crippen LogP contribution in [-0.4, -0.2) is 37.4 Å². The fraction of sp³-hybridized carbons (Fsp3) is 0.130. The van der Waals surface area contributed by atoms with E-state index in [1.807, 2.05) is 48.5 Å². The van der Waals surface area contributed by atoms with E-state index in [2.05, 4.69) is 10.6 Å². The molecule has 0 radical (unpaired) electrons. The second-order valence-electron chi connectivity index (χ2n) is 6.88. The Bertz CT molecular complexity index is 1150. The number of carbonyl (C=O) groups excluding carboxylic acids is 1. The van der Waals surface area contributed by atoms with Gasteiger partial charge < -0.3 is 10.1 Å². The third-order valence-corrected chi connectivity index (χ3v) is 6.46. The average Bonchev–Trinajstić information content (AvgIpc) is 2.79. The third kappa shape index (κ3) is 6.61. The summed E-state index contributed by atoms with van der Waals surface area (Å²) in [6.07, 6.45) is 0. The number of anilines is 1. The Labute approximate surface area is 193 Å². The average molecular weight is 470 g/mol. The van der Waals surface area contributed by atoms with Crippen LogP contribution in [0.5, 0.6) is 5.75 Å². The molecule has 0 atom stereocenters. The second kappa shape index (κ2) is 10.9. The highest BCUT2D eigenvalue weighted by Gasteiger charge is 2.20. The van der Waals surface area contributed by atoms with Crippen LogP contribution in [0.2, 0.25) is 0 Å². The molecule has 7 nitrogen and oxygen atoms in total. The van der Waals surface area contributed by atoms with Gasteiger partial charge in [0.2, 0.25) is 10.0 Å². The molecule has 32 heavy (non-hydrogen) atoms. The Morgan fingerprint density at radius 2 is 1.53 bits per heavy atom. The molecule has 3 rings (SSSR count). The van der Waals surface area contributed by atoms with E-state index in [9.17, 15) is 13.2 Å². The largest absolute Gasteiger partial charge is 0.484 e. The van der Waals surface area contributed by atoms with Crippen molar-refractivity contribution in [1.29, 1.82) is 0 Å². The van der Waals surface area contributed by atoms with Gasteiger partial charge in [0.25, 0.3) is 5.91 Å². The predicted molar refractivity (Wildman–Crippen MR) is 128 cm³/mol. The van der Waals surface area contributed by atoms with E-state index in [1.54, 1.807) is 24.3 Å². The molecule has 0 aliphatic heterocycles. The van der Waals surface area contributed by atoms with Crippen LogP contribution in [0, 0.1) is 0 Å². The summed E-state index contributed by atoms with van der Waals surface area (Å²) in [6, 6.07) is 24.5. The van der Waals surface area contributed by atoms with Crippen LogP contribution in [0.3, 0.4) is 0 Å². The first-order chi connectivity index (χ1) is 15.3. The van der Waals surface area contributed by atoms with E-state index in [4.69, 9.17) is 17.0 Å². The van der Waals surface area contributed by atoms with E-state index in [0.717, 1.165) is 5.56 Å². The number of para-hydroxylation sites is 1. The minimum absolute atomic E-state index is 0.0865. The summed E-state index contributed by atoms with van der Waals surface area (Å²) in [6.45, 7) is 0.0844. The molecule has 0 aromatic heterocycles. The number of amides is 1. The number of benzene rings is 3. The molecule has 0 spiro atoms. The van der Waals surface area contributed by atoms with Crippen LogP contribution >= 0.6 is 12.2 Å². The Balaban J connectivity index is 1.53. The molecular formula is C23H23N3O4S2. The summed E-state index contributed by atoms with van der Waals surface area (Å²) >= 11 is 5.14. The maximum Gasteiger partial charge on any atom is 0.264 e. The second-order valence-corrected chi connectivity index (χ2v) is 9.33. The van der Waals surface area contributed by atoms with Crippen molar-refractivity contribution in [3.05, 3.63) is 90.5 Å². The maximum atomic E-state index is 12.8. The number of nitrogens with zero attached hydrogens (tertiary/aromatic N) is 1. The summed E-state index contributed by atoms with van der Waals surface area (Å²) in [5, 5.41) is 5.46. The van der Waals surface area contributed by atoms with Gasteiger partial charge in [0.15, 0.2) is 11.7 Å². The zero-order valence-corrected chi connectivity index (χ0v) is 19.0. The number of thiocarbonyl (C=S) groups is 1. The molecule has 3 aromatic carbocycles. The quantitative estimate of drug-likeness (QED) is 0.492. The maximum absolute atomic E-state index is 12.8. The lowest BCUT2D eigenvalue weighted by molar-refractivity contribution is -0.121. The van der Waals surface area contributed by atoms with Crippen molar-refractivity contribution in [2.24, 2.45) is 0 Å². The Hall–Kier alpha value is -3.27. The lowest BCUT2D eigenvalue weighted by atomic mass is 10.2. The highest BCUT2D eigenvalue weighted by Crippen LogP contribution is 2.19. The zero-order chi connectivity index (χ0) is 23.0. The van der Waals surface area contributed by atoms with Crippen LogP contribution in [0.4, 0.5) is 5.69 Å². The Morgan fingerprint density at radius 3 is 2.16 bits per heavy atom. The van der Waals surface area contributed by atoms with Crippen LogP contribution < -0.4 is 15.4 Å². The molecule has 9 heteroatoms. The first kappa shape index (κ1) is 23.4. The number of hydrogen-bond acceptors (Lipinski definition) is 5. The molecule has 2 N–H and O–H groups in total. The van der Waals surface area contributed by atoms with Gasteiger partial charge in [-0.2, -0.15) is 4.31 Å². The highest BCUT2D eigenvalue weighted by atomic mass is 32.2. The fourth-order valence-electron chi connectivity index (χ4n) is 2.81. The van der Waals surface area contributed by atoms with Gasteiger partial charge in [0.1, 0.15) is 5.75 Å². The smallest absolute Gasteiger partial charge is 0.264 e. The number of nitrogens with one attached hydrogen (secondary N) is 2. The first-order valence-electron chi connectivity index (χ1n) is 9.73. The van der Waals surface area contributed by atoms with Crippen molar-refractivity contribution < 1.29 is 17.9 Å². The molecule has 0 bridgehead atoms. The molecule has 1 amide bonds. The van der Waals surface area contributed by atoms with Gasteiger partial charge >= 0.3 is 0 Å². The number of hydrogen-bond donors (Lipinski definition) is 2. The topological polar surface area (TPSA) is 87.7 Å². The number of rotatable bonds is 8. The molecular weight excluding hydrogens is 446 g/mol. The lowest BCUT2D eigenvalue weighted by Crippen LogP contribution is -2.37. The molecule has 0 fully saturated rings. The predicted octanol–water partition coefficient (Wildman–Crippen LogP) is 3.40. The van der Waals surface area contributed by atoms with Crippen molar-refractivity contribution in [3.8, 4) is 5.75 Å². The van der Waals surface area contributed by atoms with E-state index in [0.29, 0.717) is 11.4 Å². The van der Waals surface area contributed by atoms with Gasteiger partial charge in [0, 0.05) is 19.3 Å². The third-order valence-electron chi connectivity index (χ3n) is 4.43. The van der Waals surface area contributed by atoms with E-state index < -0.39 is 15.9 Å².